The van der Waals surface area contributed by atoms with Gasteiger partial charge in [0.25, 0.3) is 0 Å². The Balaban J connectivity index is 2.24. The summed E-state index contributed by atoms with van der Waals surface area (Å²) in [6.07, 6.45) is 6.51. The van der Waals surface area contributed by atoms with Gasteiger partial charge < -0.3 is 10.6 Å². The minimum atomic E-state index is 0.262. The van der Waals surface area contributed by atoms with Crippen molar-refractivity contribution in [2.24, 2.45) is 11.7 Å². The van der Waals surface area contributed by atoms with Gasteiger partial charge in [-0.25, -0.2) is 0 Å². The Morgan fingerprint density at radius 3 is 2.69 bits per heavy atom. The number of nitrogens with two attached hydrogens (primary N) is 1. The highest BCUT2D eigenvalue weighted by Crippen LogP contribution is 2.20. The number of nitrogens with zero attached hydrogens (tertiary/aromatic N) is 1. The first-order valence-corrected chi connectivity index (χ1v) is 6.29. The van der Waals surface area contributed by atoms with Gasteiger partial charge in [-0.15, -0.1) is 6.58 Å². The average Bonchev–Trinajstić information content (AvgIpc) is 2.29. The molecule has 2 N–H and O–H groups in total. The lowest BCUT2D eigenvalue weighted by atomic mass is 9.91. The molecule has 1 heterocycles. The third kappa shape index (κ3) is 3.97. The highest BCUT2D eigenvalue weighted by Gasteiger charge is 2.24. The average molecular weight is 224 g/mol. The molecular formula is C13H24N2O. The number of hydrogen-bond acceptors (Lipinski definition) is 2. The summed E-state index contributed by atoms with van der Waals surface area (Å²) in [6.45, 7) is 7.50. The Kier molecular flexibility index (Phi) is 5.53. The molecule has 0 aromatic carbocycles. The van der Waals surface area contributed by atoms with Gasteiger partial charge in [0.1, 0.15) is 0 Å². The molecule has 1 amide bonds. The van der Waals surface area contributed by atoms with Crippen molar-refractivity contribution in [1.29, 1.82) is 0 Å². The van der Waals surface area contributed by atoms with Gasteiger partial charge in [0.15, 0.2) is 0 Å². The molecule has 1 rings (SSSR count). The molecule has 3 nitrogen and oxygen atoms in total. The highest BCUT2D eigenvalue weighted by atomic mass is 16.2. The van der Waals surface area contributed by atoms with E-state index in [1.54, 1.807) is 0 Å². The van der Waals surface area contributed by atoms with Crippen molar-refractivity contribution < 1.29 is 4.79 Å². The van der Waals surface area contributed by atoms with E-state index in [2.05, 4.69) is 13.5 Å². The molecule has 0 spiro atoms. The van der Waals surface area contributed by atoms with Crippen LogP contribution in [-0.2, 0) is 4.79 Å². The molecule has 1 fully saturated rings. The van der Waals surface area contributed by atoms with Crippen LogP contribution in [0.15, 0.2) is 12.7 Å². The molecule has 1 unspecified atom stereocenters. The third-order valence-electron chi connectivity index (χ3n) is 3.43. The summed E-state index contributed by atoms with van der Waals surface area (Å²) in [5, 5.41) is 0. The standard InChI is InChI=1S/C13H24N2O/c1-3-4-5-6-13(16)15-9-7-12(8-10-15)11(2)14/h3,11-12H,1,4-10,14H2,2H3. The summed E-state index contributed by atoms with van der Waals surface area (Å²) in [5.41, 5.74) is 5.87. The molecule has 0 aromatic rings. The predicted octanol–water partition coefficient (Wildman–Crippen LogP) is 1.93. The topological polar surface area (TPSA) is 46.3 Å². The number of amides is 1. The Hall–Kier alpha value is -0.830. The molecule has 0 saturated carbocycles. The lowest BCUT2D eigenvalue weighted by molar-refractivity contribution is -0.132. The van der Waals surface area contributed by atoms with Crippen LogP contribution in [0.2, 0.25) is 0 Å². The van der Waals surface area contributed by atoms with Gasteiger partial charge in [-0.05, 0) is 38.5 Å². The number of allylic oxidation sites excluding steroid dienone is 1. The quantitative estimate of drug-likeness (QED) is 0.573. The fourth-order valence-corrected chi connectivity index (χ4v) is 2.23. The maximum absolute atomic E-state index is 11.8. The zero-order valence-electron chi connectivity index (χ0n) is 10.3. The molecular weight excluding hydrogens is 200 g/mol. The van der Waals surface area contributed by atoms with Crippen LogP contribution in [0.5, 0.6) is 0 Å². The van der Waals surface area contributed by atoms with E-state index in [-0.39, 0.29) is 6.04 Å². The second-order valence-corrected chi connectivity index (χ2v) is 4.76. The molecule has 0 aliphatic carbocycles. The number of piperidine rings is 1. The van der Waals surface area contributed by atoms with Crippen molar-refractivity contribution in [1.82, 2.24) is 4.90 Å². The van der Waals surface area contributed by atoms with Gasteiger partial charge in [-0.2, -0.15) is 0 Å². The van der Waals surface area contributed by atoms with Crippen molar-refractivity contribution in [2.75, 3.05) is 13.1 Å². The molecule has 1 aliphatic heterocycles. The van der Waals surface area contributed by atoms with Gasteiger partial charge in [0.05, 0.1) is 0 Å². The van der Waals surface area contributed by atoms with E-state index in [1.165, 1.54) is 0 Å². The molecule has 0 radical (unpaired) electrons. The van der Waals surface area contributed by atoms with Crippen LogP contribution in [-0.4, -0.2) is 29.9 Å². The number of rotatable bonds is 5. The first-order chi connectivity index (χ1) is 7.65. The Morgan fingerprint density at radius 2 is 2.19 bits per heavy atom. The van der Waals surface area contributed by atoms with Gasteiger partial charge in [-0.3, -0.25) is 4.79 Å². The number of carbonyl (C=O) groups excluding carboxylic acids is 1. The number of likely N-dealkylation sites (tertiary alicyclic amines) is 1. The first kappa shape index (κ1) is 13.2. The Labute approximate surface area is 98.7 Å². The molecule has 1 aliphatic rings. The zero-order valence-corrected chi connectivity index (χ0v) is 10.3. The van der Waals surface area contributed by atoms with Crippen LogP contribution < -0.4 is 5.73 Å². The fraction of sp³-hybridized carbons (Fsp3) is 0.769. The van der Waals surface area contributed by atoms with Crippen LogP contribution in [0.25, 0.3) is 0 Å². The van der Waals surface area contributed by atoms with E-state index in [0.29, 0.717) is 18.2 Å². The van der Waals surface area contributed by atoms with Crippen molar-refractivity contribution in [3.05, 3.63) is 12.7 Å². The number of hydrogen-bond donors (Lipinski definition) is 1. The van der Waals surface area contributed by atoms with Crippen molar-refractivity contribution in [3.63, 3.8) is 0 Å². The summed E-state index contributed by atoms with van der Waals surface area (Å²) in [5.74, 6) is 0.891. The van der Waals surface area contributed by atoms with Crippen molar-refractivity contribution >= 4 is 5.91 Å². The monoisotopic (exact) mass is 224 g/mol. The van der Waals surface area contributed by atoms with E-state index in [0.717, 1.165) is 38.8 Å². The van der Waals surface area contributed by atoms with E-state index in [9.17, 15) is 4.79 Å². The largest absolute Gasteiger partial charge is 0.343 e. The van der Waals surface area contributed by atoms with Crippen LogP contribution >= 0.6 is 0 Å². The van der Waals surface area contributed by atoms with Crippen LogP contribution in [0.3, 0.4) is 0 Å². The summed E-state index contributed by atoms with van der Waals surface area (Å²) >= 11 is 0. The van der Waals surface area contributed by atoms with Crippen LogP contribution in [0, 0.1) is 5.92 Å². The molecule has 1 saturated heterocycles. The lowest BCUT2D eigenvalue weighted by Gasteiger charge is -2.33. The molecule has 0 aromatic heterocycles. The Morgan fingerprint density at radius 1 is 1.56 bits per heavy atom. The fourth-order valence-electron chi connectivity index (χ4n) is 2.23. The van der Waals surface area contributed by atoms with Crippen LogP contribution in [0.4, 0.5) is 0 Å². The summed E-state index contributed by atoms with van der Waals surface area (Å²) in [4.78, 5) is 13.8. The van der Waals surface area contributed by atoms with E-state index in [1.807, 2.05) is 11.0 Å². The van der Waals surface area contributed by atoms with Crippen molar-refractivity contribution in [2.45, 2.75) is 45.1 Å². The maximum Gasteiger partial charge on any atom is 0.222 e. The highest BCUT2D eigenvalue weighted by molar-refractivity contribution is 5.76. The second kappa shape index (κ2) is 6.69. The second-order valence-electron chi connectivity index (χ2n) is 4.76. The van der Waals surface area contributed by atoms with Crippen LogP contribution in [0.1, 0.15) is 39.0 Å². The maximum atomic E-state index is 11.8. The minimum Gasteiger partial charge on any atom is -0.343 e. The normalized spacial score (nSPS) is 19.5. The zero-order chi connectivity index (χ0) is 12.0. The van der Waals surface area contributed by atoms with E-state index >= 15 is 0 Å². The Bertz CT molecular complexity index is 230. The van der Waals surface area contributed by atoms with E-state index < -0.39 is 0 Å². The summed E-state index contributed by atoms with van der Waals surface area (Å²) in [7, 11) is 0. The molecule has 1 atom stereocenters. The predicted molar refractivity (Wildman–Crippen MR) is 67.0 cm³/mol. The number of carbonyl (C=O) groups is 1. The SMILES string of the molecule is C=CCCCC(=O)N1CCC(C(C)N)CC1. The van der Waals surface area contributed by atoms with Crippen molar-refractivity contribution in [3.8, 4) is 0 Å². The lowest BCUT2D eigenvalue weighted by Crippen LogP contribution is -2.42. The molecule has 3 heteroatoms. The molecule has 92 valence electrons. The van der Waals surface area contributed by atoms with Gasteiger partial charge in [-0.1, -0.05) is 6.08 Å². The third-order valence-corrected chi connectivity index (χ3v) is 3.43. The number of unbranched alkanes of at least 4 members (excludes halogenated alkanes) is 1. The molecule has 0 bridgehead atoms. The molecule has 16 heavy (non-hydrogen) atoms. The van der Waals surface area contributed by atoms with Gasteiger partial charge in [0, 0.05) is 25.6 Å². The summed E-state index contributed by atoms with van der Waals surface area (Å²) < 4.78 is 0. The van der Waals surface area contributed by atoms with Gasteiger partial charge in [0.2, 0.25) is 5.91 Å². The van der Waals surface area contributed by atoms with E-state index in [4.69, 9.17) is 5.73 Å². The van der Waals surface area contributed by atoms with Gasteiger partial charge >= 0.3 is 0 Å². The first-order valence-electron chi connectivity index (χ1n) is 6.29. The minimum absolute atomic E-state index is 0.262. The smallest absolute Gasteiger partial charge is 0.222 e. The summed E-state index contributed by atoms with van der Waals surface area (Å²) in [6, 6.07) is 0.262.